The molecule has 0 aliphatic heterocycles. The van der Waals surface area contributed by atoms with Crippen molar-refractivity contribution < 1.29 is 4.79 Å². The molecule has 0 fully saturated rings. The van der Waals surface area contributed by atoms with E-state index < -0.39 is 0 Å². The van der Waals surface area contributed by atoms with Crippen LogP contribution in [0.1, 0.15) is 41.8 Å². The second kappa shape index (κ2) is 5.75. The predicted molar refractivity (Wildman–Crippen MR) is 82.2 cm³/mol. The van der Waals surface area contributed by atoms with Gasteiger partial charge in [0.1, 0.15) is 0 Å². The third-order valence-electron chi connectivity index (χ3n) is 3.77. The van der Waals surface area contributed by atoms with Gasteiger partial charge in [-0.25, -0.2) is 4.98 Å². The van der Waals surface area contributed by atoms with Crippen molar-refractivity contribution in [2.45, 2.75) is 38.5 Å². The SMILES string of the molecule is CC(C(=O)Nc1nc2c(s1)CCCC2)c1ccccc1. The van der Waals surface area contributed by atoms with E-state index in [0.29, 0.717) is 0 Å². The van der Waals surface area contributed by atoms with Crippen LogP contribution in [0.5, 0.6) is 0 Å². The summed E-state index contributed by atoms with van der Waals surface area (Å²) >= 11 is 1.63. The summed E-state index contributed by atoms with van der Waals surface area (Å²) in [4.78, 5) is 18.2. The maximum absolute atomic E-state index is 12.3. The summed E-state index contributed by atoms with van der Waals surface area (Å²) in [7, 11) is 0. The third-order valence-corrected chi connectivity index (χ3v) is 4.84. The molecule has 20 heavy (non-hydrogen) atoms. The molecule has 2 aromatic rings. The quantitative estimate of drug-likeness (QED) is 0.933. The van der Waals surface area contributed by atoms with Gasteiger partial charge in [0.2, 0.25) is 5.91 Å². The van der Waals surface area contributed by atoms with Crippen LogP contribution in [0.4, 0.5) is 5.13 Å². The van der Waals surface area contributed by atoms with Crippen molar-refractivity contribution >= 4 is 22.4 Å². The first-order chi connectivity index (χ1) is 9.74. The lowest BCUT2D eigenvalue weighted by molar-refractivity contribution is -0.117. The molecule has 0 saturated heterocycles. The van der Waals surface area contributed by atoms with Crippen molar-refractivity contribution in [1.29, 1.82) is 0 Å². The number of carbonyl (C=O) groups is 1. The minimum Gasteiger partial charge on any atom is -0.301 e. The second-order valence-corrected chi connectivity index (χ2v) is 6.30. The van der Waals surface area contributed by atoms with Crippen LogP contribution in [0, 0.1) is 0 Å². The molecule has 1 aromatic heterocycles. The van der Waals surface area contributed by atoms with Crippen LogP contribution in [0.15, 0.2) is 30.3 Å². The normalized spacial score (nSPS) is 15.4. The van der Waals surface area contributed by atoms with Gasteiger partial charge in [-0.15, -0.1) is 11.3 Å². The molecule has 0 bridgehead atoms. The van der Waals surface area contributed by atoms with Crippen LogP contribution in [0.2, 0.25) is 0 Å². The fourth-order valence-corrected chi connectivity index (χ4v) is 3.56. The molecule has 1 amide bonds. The molecule has 1 unspecified atom stereocenters. The van der Waals surface area contributed by atoms with Crippen molar-refractivity contribution in [3.8, 4) is 0 Å². The Morgan fingerprint density at radius 1 is 1.25 bits per heavy atom. The number of fused-ring (bicyclic) bond motifs is 1. The molecule has 1 atom stereocenters. The molecule has 4 heteroatoms. The highest BCUT2D eigenvalue weighted by molar-refractivity contribution is 7.15. The molecule has 0 spiro atoms. The van der Waals surface area contributed by atoms with E-state index in [9.17, 15) is 4.79 Å². The first-order valence-electron chi connectivity index (χ1n) is 7.08. The predicted octanol–water partition coefficient (Wildman–Crippen LogP) is 3.76. The number of rotatable bonds is 3. The molecule has 0 radical (unpaired) electrons. The number of nitrogens with zero attached hydrogens (tertiary/aromatic N) is 1. The Hall–Kier alpha value is -1.68. The summed E-state index contributed by atoms with van der Waals surface area (Å²) < 4.78 is 0. The van der Waals surface area contributed by atoms with Crippen molar-refractivity contribution in [2.75, 3.05) is 5.32 Å². The lowest BCUT2D eigenvalue weighted by Crippen LogP contribution is -2.18. The van der Waals surface area contributed by atoms with E-state index in [1.807, 2.05) is 37.3 Å². The van der Waals surface area contributed by atoms with E-state index in [4.69, 9.17) is 0 Å². The average Bonchev–Trinajstić information content (AvgIpc) is 2.89. The molecule has 3 nitrogen and oxygen atoms in total. The number of anilines is 1. The number of hydrogen-bond donors (Lipinski definition) is 1. The first kappa shape index (κ1) is 13.3. The molecule has 1 heterocycles. The van der Waals surface area contributed by atoms with Crippen molar-refractivity contribution in [3.05, 3.63) is 46.5 Å². The van der Waals surface area contributed by atoms with Crippen LogP contribution in [0.25, 0.3) is 0 Å². The minimum absolute atomic E-state index is 0.0160. The Morgan fingerprint density at radius 2 is 2.00 bits per heavy atom. The molecule has 1 N–H and O–H groups in total. The Labute approximate surface area is 123 Å². The van der Waals surface area contributed by atoms with E-state index in [2.05, 4.69) is 10.3 Å². The Bertz CT molecular complexity index is 583. The molecular formula is C16H18N2OS. The smallest absolute Gasteiger partial charge is 0.233 e. The fraction of sp³-hybridized carbons (Fsp3) is 0.375. The highest BCUT2D eigenvalue weighted by Gasteiger charge is 2.19. The van der Waals surface area contributed by atoms with E-state index >= 15 is 0 Å². The summed E-state index contributed by atoms with van der Waals surface area (Å²) in [6.45, 7) is 1.93. The van der Waals surface area contributed by atoms with Gasteiger partial charge in [-0.05, 0) is 38.2 Å². The Morgan fingerprint density at radius 3 is 2.75 bits per heavy atom. The van der Waals surface area contributed by atoms with Crippen molar-refractivity contribution in [3.63, 3.8) is 0 Å². The van der Waals surface area contributed by atoms with Crippen LogP contribution in [-0.2, 0) is 17.6 Å². The van der Waals surface area contributed by atoms with Gasteiger partial charge in [-0.1, -0.05) is 30.3 Å². The summed E-state index contributed by atoms with van der Waals surface area (Å²) in [6.07, 6.45) is 4.61. The van der Waals surface area contributed by atoms with Gasteiger partial charge in [0.15, 0.2) is 5.13 Å². The van der Waals surface area contributed by atoms with E-state index in [0.717, 1.165) is 23.5 Å². The van der Waals surface area contributed by atoms with Gasteiger partial charge < -0.3 is 5.32 Å². The second-order valence-electron chi connectivity index (χ2n) is 5.22. The summed E-state index contributed by atoms with van der Waals surface area (Å²) in [5, 5.41) is 3.72. The van der Waals surface area contributed by atoms with Gasteiger partial charge in [-0.3, -0.25) is 4.79 Å². The topological polar surface area (TPSA) is 42.0 Å². The number of benzene rings is 1. The fourth-order valence-electron chi connectivity index (χ4n) is 2.51. The summed E-state index contributed by atoms with van der Waals surface area (Å²) in [5.41, 5.74) is 2.22. The highest BCUT2D eigenvalue weighted by Crippen LogP contribution is 2.30. The maximum atomic E-state index is 12.3. The van der Waals surface area contributed by atoms with Crippen molar-refractivity contribution in [1.82, 2.24) is 4.98 Å². The van der Waals surface area contributed by atoms with Gasteiger partial charge >= 0.3 is 0 Å². The van der Waals surface area contributed by atoms with E-state index in [-0.39, 0.29) is 11.8 Å². The number of thiazole rings is 1. The molecule has 0 saturated carbocycles. The summed E-state index contributed by atoms with van der Waals surface area (Å²) in [6, 6.07) is 9.85. The maximum Gasteiger partial charge on any atom is 0.233 e. The Balaban J connectivity index is 1.71. The summed E-state index contributed by atoms with van der Waals surface area (Å²) in [5.74, 6) is -0.139. The molecule has 1 aliphatic carbocycles. The van der Waals surface area contributed by atoms with E-state index in [1.165, 1.54) is 23.4 Å². The largest absolute Gasteiger partial charge is 0.301 e. The third kappa shape index (κ3) is 2.75. The zero-order valence-corrected chi connectivity index (χ0v) is 12.4. The molecule has 1 aromatic carbocycles. The van der Waals surface area contributed by atoms with Gasteiger partial charge in [0.05, 0.1) is 11.6 Å². The first-order valence-corrected chi connectivity index (χ1v) is 7.90. The molecule has 3 rings (SSSR count). The molecular weight excluding hydrogens is 268 g/mol. The molecule has 1 aliphatic rings. The average molecular weight is 286 g/mol. The Kier molecular flexibility index (Phi) is 3.83. The number of carbonyl (C=O) groups excluding carboxylic acids is 1. The van der Waals surface area contributed by atoms with Gasteiger partial charge in [-0.2, -0.15) is 0 Å². The number of nitrogens with one attached hydrogen (secondary N) is 1. The van der Waals surface area contributed by atoms with Crippen LogP contribution in [0.3, 0.4) is 0 Å². The monoisotopic (exact) mass is 286 g/mol. The van der Waals surface area contributed by atoms with Crippen LogP contribution in [-0.4, -0.2) is 10.9 Å². The molecule has 104 valence electrons. The lowest BCUT2D eigenvalue weighted by atomic mass is 10.0. The number of amides is 1. The minimum atomic E-state index is -0.155. The number of aromatic nitrogens is 1. The number of hydrogen-bond acceptors (Lipinski definition) is 3. The number of aryl methyl sites for hydroxylation is 2. The highest BCUT2D eigenvalue weighted by atomic mass is 32.1. The van der Waals surface area contributed by atoms with Crippen molar-refractivity contribution in [2.24, 2.45) is 0 Å². The van der Waals surface area contributed by atoms with E-state index in [1.54, 1.807) is 11.3 Å². The zero-order chi connectivity index (χ0) is 13.9. The van der Waals surface area contributed by atoms with Crippen LogP contribution >= 0.6 is 11.3 Å². The van der Waals surface area contributed by atoms with Gasteiger partial charge in [0.25, 0.3) is 0 Å². The van der Waals surface area contributed by atoms with Gasteiger partial charge in [0, 0.05) is 4.88 Å². The van der Waals surface area contributed by atoms with Crippen LogP contribution < -0.4 is 5.32 Å². The zero-order valence-electron chi connectivity index (χ0n) is 11.6. The lowest BCUT2D eigenvalue weighted by Gasteiger charge is -2.10. The standard InChI is InChI=1S/C16H18N2OS/c1-11(12-7-3-2-4-8-12)15(19)18-16-17-13-9-5-6-10-14(13)20-16/h2-4,7-8,11H,5-6,9-10H2,1H3,(H,17,18,19).